The smallest absolute Gasteiger partial charge is 0.417 e. The molecule has 2 N–H and O–H groups in total. The van der Waals surface area contributed by atoms with Gasteiger partial charge in [-0.25, -0.2) is 0 Å². The van der Waals surface area contributed by atoms with Crippen LogP contribution in [0.4, 0.5) is 18.9 Å². The second-order valence-corrected chi connectivity index (χ2v) is 5.40. The van der Waals surface area contributed by atoms with Gasteiger partial charge in [0.15, 0.2) is 17.6 Å². The molecule has 11 heteroatoms. The molecular weight excluding hydrogens is 371 g/mol. The van der Waals surface area contributed by atoms with Gasteiger partial charge >= 0.3 is 11.9 Å². The zero-order valence-corrected chi connectivity index (χ0v) is 13.5. The predicted molar refractivity (Wildman–Crippen MR) is 85.1 cm³/mol. The summed E-state index contributed by atoms with van der Waals surface area (Å²) in [4.78, 5) is 9.86. The molecule has 0 radical (unpaired) electrons. The van der Waals surface area contributed by atoms with Crippen molar-refractivity contribution in [2.24, 2.45) is 0 Å². The largest absolute Gasteiger partial charge is 0.618 e. The zero-order chi connectivity index (χ0) is 20.5. The normalized spacial score (nSPS) is 11.9. The van der Waals surface area contributed by atoms with Crippen LogP contribution in [0, 0.1) is 33.6 Å². The van der Waals surface area contributed by atoms with Crippen molar-refractivity contribution in [3.63, 3.8) is 0 Å². The summed E-state index contributed by atoms with van der Waals surface area (Å²) in [6, 6.07) is 3.67. The third-order valence-electron chi connectivity index (χ3n) is 3.55. The lowest BCUT2D eigenvalue weighted by molar-refractivity contribution is -0.612. The number of hydrogen-bond acceptors (Lipinski definition) is 6. The van der Waals surface area contributed by atoms with E-state index in [0.29, 0.717) is 12.3 Å². The third-order valence-corrected chi connectivity index (χ3v) is 3.55. The number of phenols is 2. The van der Waals surface area contributed by atoms with E-state index in [4.69, 9.17) is 0 Å². The quantitative estimate of drug-likeness (QED) is 0.210. The number of allylic oxidation sites excluding steroid dienone is 1. The van der Waals surface area contributed by atoms with Gasteiger partial charge in [-0.05, 0) is 17.7 Å². The summed E-state index contributed by atoms with van der Waals surface area (Å²) in [7, 11) is 0. The number of alkyl halides is 3. The third kappa shape index (κ3) is 3.90. The molecule has 0 aliphatic carbocycles. The van der Waals surface area contributed by atoms with E-state index in [-0.39, 0.29) is 16.0 Å². The van der Waals surface area contributed by atoms with Gasteiger partial charge in [0.25, 0.3) is 0 Å². The van der Waals surface area contributed by atoms with E-state index < -0.39 is 45.0 Å². The first kappa shape index (κ1) is 19.5. The molecule has 1 aromatic carbocycles. The van der Waals surface area contributed by atoms with Crippen LogP contribution >= 0.6 is 0 Å². The lowest BCUT2D eigenvalue weighted by atomic mass is 9.99. The summed E-state index contributed by atoms with van der Waals surface area (Å²) in [6.07, 6.45) is -3.47. The minimum Gasteiger partial charge on any atom is -0.618 e. The average Bonchev–Trinajstić information content (AvgIpc) is 2.56. The lowest BCUT2D eigenvalue weighted by Crippen LogP contribution is -2.31. The van der Waals surface area contributed by atoms with Crippen molar-refractivity contribution < 1.29 is 33.0 Å². The number of aromatic nitrogens is 1. The summed E-state index contributed by atoms with van der Waals surface area (Å²) in [5.74, 6) is -1.93. The Morgan fingerprint density at radius 3 is 2.48 bits per heavy atom. The van der Waals surface area contributed by atoms with Gasteiger partial charge in [0, 0.05) is 19.1 Å². The van der Waals surface area contributed by atoms with E-state index in [1.54, 1.807) is 0 Å². The van der Waals surface area contributed by atoms with E-state index in [1.807, 2.05) is 0 Å². The van der Waals surface area contributed by atoms with Crippen LogP contribution in [-0.2, 0) is 6.18 Å². The van der Waals surface area contributed by atoms with Crippen LogP contribution in [-0.4, -0.2) is 15.1 Å². The van der Waals surface area contributed by atoms with Crippen LogP contribution in [0.1, 0.15) is 22.4 Å². The van der Waals surface area contributed by atoms with Crippen LogP contribution < -0.4 is 4.73 Å². The van der Waals surface area contributed by atoms with Gasteiger partial charge in [0.05, 0.1) is 21.6 Å². The maximum atomic E-state index is 13.3. The topological polar surface area (TPSA) is 134 Å². The van der Waals surface area contributed by atoms with Gasteiger partial charge in [-0.3, -0.25) is 10.1 Å². The summed E-state index contributed by atoms with van der Waals surface area (Å²) in [6.45, 7) is 1.16. The van der Waals surface area contributed by atoms with Crippen LogP contribution in [0.5, 0.6) is 11.5 Å². The van der Waals surface area contributed by atoms with Gasteiger partial charge in [0.2, 0.25) is 5.75 Å². The van der Waals surface area contributed by atoms with Crippen LogP contribution in [0.15, 0.2) is 24.4 Å². The van der Waals surface area contributed by atoms with Crippen LogP contribution in [0.25, 0.3) is 11.6 Å². The van der Waals surface area contributed by atoms with Crippen molar-refractivity contribution in [1.29, 1.82) is 5.26 Å². The Morgan fingerprint density at radius 1 is 1.33 bits per heavy atom. The van der Waals surface area contributed by atoms with Crippen molar-refractivity contribution in [2.75, 3.05) is 0 Å². The van der Waals surface area contributed by atoms with E-state index in [2.05, 4.69) is 0 Å². The first-order valence-electron chi connectivity index (χ1n) is 7.09. The maximum absolute atomic E-state index is 13.3. The molecule has 0 aliphatic heterocycles. The zero-order valence-electron chi connectivity index (χ0n) is 13.5. The van der Waals surface area contributed by atoms with Gasteiger partial charge < -0.3 is 15.4 Å². The molecule has 1 aromatic heterocycles. The number of nitro groups is 1. The molecule has 2 rings (SSSR count). The van der Waals surface area contributed by atoms with Crippen LogP contribution in [0.2, 0.25) is 0 Å². The highest BCUT2D eigenvalue weighted by atomic mass is 19.4. The Balaban J connectivity index is 2.74. The summed E-state index contributed by atoms with van der Waals surface area (Å²) < 4.78 is 40.0. The number of nitro benzene ring substituents is 1. The van der Waals surface area contributed by atoms with Gasteiger partial charge in [-0.2, -0.15) is 23.2 Å². The number of nitriles is 1. The lowest BCUT2D eigenvalue weighted by Gasteiger charge is -2.13. The summed E-state index contributed by atoms with van der Waals surface area (Å²) in [5.41, 5.74) is -3.97. The Labute approximate surface area is 149 Å². The first-order valence-corrected chi connectivity index (χ1v) is 7.09. The Bertz CT molecular complexity index is 1010. The SMILES string of the molecule is Cc1cc(C(F)(F)F)c(C(C#N)=Cc2cc(O)c(O)c([N+](=O)[O-])c2)c[n+]1[O-]. The molecule has 0 bridgehead atoms. The molecule has 0 saturated carbocycles. The van der Waals surface area contributed by atoms with Crippen molar-refractivity contribution >= 4 is 17.3 Å². The number of phenolic OH excluding ortho intramolecular Hbond substituents is 2. The van der Waals surface area contributed by atoms with E-state index in [0.717, 1.165) is 25.1 Å². The second-order valence-electron chi connectivity index (χ2n) is 5.40. The number of halogens is 3. The molecule has 0 amide bonds. The molecule has 1 heterocycles. The molecule has 0 unspecified atom stereocenters. The molecular formula is C16H10F3N3O5. The molecule has 27 heavy (non-hydrogen) atoms. The van der Waals surface area contributed by atoms with Crippen molar-refractivity contribution in [3.05, 3.63) is 62.1 Å². The number of aromatic hydroxyl groups is 2. The fraction of sp³-hybridized carbons (Fsp3) is 0.125. The number of rotatable bonds is 3. The minimum atomic E-state index is -4.87. The number of nitrogens with zero attached hydrogens (tertiary/aromatic N) is 3. The van der Waals surface area contributed by atoms with E-state index in [1.165, 1.54) is 6.07 Å². The highest BCUT2D eigenvalue weighted by Crippen LogP contribution is 2.38. The van der Waals surface area contributed by atoms with E-state index in [9.17, 15) is 44.0 Å². The highest BCUT2D eigenvalue weighted by molar-refractivity contribution is 5.91. The highest BCUT2D eigenvalue weighted by Gasteiger charge is 2.36. The van der Waals surface area contributed by atoms with Gasteiger partial charge in [-0.1, -0.05) is 0 Å². The average molecular weight is 381 g/mol. The minimum absolute atomic E-state index is 0.145. The van der Waals surface area contributed by atoms with Gasteiger partial charge in [0.1, 0.15) is 6.07 Å². The molecule has 140 valence electrons. The number of benzene rings is 1. The summed E-state index contributed by atoms with van der Waals surface area (Å²) in [5, 5.41) is 50.8. The van der Waals surface area contributed by atoms with Gasteiger partial charge in [-0.15, -0.1) is 0 Å². The molecule has 0 fully saturated rings. The summed E-state index contributed by atoms with van der Waals surface area (Å²) >= 11 is 0. The standard InChI is InChI=1S/C16H10F3N3O5/c1-8-2-12(16(17,18)19)11(7-21(8)25)10(6-20)3-9-4-13(22(26)27)15(24)14(23)5-9/h2-5,7,23-24H,1H3. The predicted octanol–water partition coefficient (Wildman–Crippen LogP) is 3.03. The molecule has 0 saturated heterocycles. The fourth-order valence-electron chi connectivity index (χ4n) is 2.27. The second kappa shape index (κ2) is 6.83. The number of pyridine rings is 1. The van der Waals surface area contributed by atoms with Crippen molar-refractivity contribution in [3.8, 4) is 17.6 Å². The molecule has 0 atom stereocenters. The monoisotopic (exact) mass is 381 g/mol. The number of aryl methyl sites for hydroxylation is 1. The number of hydrogen-bond donors (Lipinski definition) is 2. The van der Waals surface area contributed by atoms with Crippen molar-refractivity contribution in [1.82, 2.24) is 0 Å². The molecule has 8 nitrogen and oxygen atoms in total. The Morgan fingerprint density at radius 2 is 1.96 bits per heavy atom. The van der Waals surface area contributed by atoms with Crippen LogP contribution in [0.3, 0.4) is 0 Å². The Kier molecular flexibility index (Phi) is 4.94. The Hall–Kier alpha value is -3.81. The van der Waals surface area contributed by atoms with Crippen molar-refractivity contribution in [2.45, 2.75) is 13.1 Å². The maximum Gasteiger partial charge on any atom is 0.417 e. The fourth-order valence-corrected chi connectivity index (χ4v) is 2.27. The first-order chi connectivity index (χ1) is 12.5. The molecule has 0 aliphatic rings. The molecule has 2 aromatic rings. The van der Waals surface area contributed by atoms with E-state index >= 15 is 0 Å². The molecule has 0 spiro atoms.